The first kappa shape index (κ1) is 23.7. The number of likely N-dealkylation sites (tertiary alicyclic amines) is 1. The van der Waals surface area contributed by atoms with Crippen LogP contribution in [0.2, 0.25) is 0 Å². The van der Waals surface area contributed by atoms with Crippen molar-refractivity contribution in [1.29, 1.82) is 0 Å². The number of likely N-dealkylation sites (N-methyl/N-ethyl adjacent to an activating group) is 1. The average Bonchev–Trinajstić information content (AvgIpc) is 3.56. The lowest BCUT2D eigenvalue weighted by Crippen LogP contribution is -2.39. The Morgan fingerprint density at radius 1 is 1.31 bits per heavy atom. The summed E-state index contributed by atoms with van der Waals surface area (Å²) in [5.74, 6) is -0.00159. The van der Waals surface area contributed by atoms with Crippen molar-refractivity contribution in [3.05, 3.63) is 70.2 Å². The monoisotopic (exact) mass is 490 g/mol. The van der Waals surface area contributed by atoms with E-state index in [-0.39, 0.29) is 30.4 Å². The van der Waals surface area contributed by atoms with Crippen LogP contribution in [-0.4, -0.2) is 64.5 Å². The molecule has 1 aromatic heterocycles. The fraction of sp³-hybridized carbons (Fsp3) is 0.370. The lowest BCUT2D eigenvalue weighted by molar-refractivity contribution is -0.131. The van der Waals surface area contributed by atoms with Crippen LogP contribution < -0.4 is 5.32 Å². The minimum Gasteiger partial charge on any atom is -0.392 e. The standard InChI is InChI=1S/C27H30N4O3S/c1-17-14-28-27(35-17)21-5-3-4-20(12-21)24(16-31-9-8-22(32)15-31)30(2)26(34)11-18-6-7-19-13-25(33)29-23(19)10-18/h3-7,10,12,14,22,24,32H,8-9,11,13,15-16H2,1-2H3,(H,29,33)/t22-,24+/m0/s1. The molecule has 3 aromatic rings. The maximum atomic E-state index is 13.4. The van der Waals surface area contributed by atoms with Gasteiger partial charge in [-0.05, 0) is 42.2 Å². The van der Waals surface area contributed by atoms with Gasteiger partial charge in [0.2, 0.25) is 11.8 Å². The van der Waals surface area contributed by atoms with E-state index in [4.69, 9.17) is 0 Å². The first-order valence-electron chi connectivity index (χ1n) is 12.0. The van der Waals surface area contributed by atoms with Crippen LogP contribution in [0, 0.1) is 6.92 Å². The Morgan fingerprint density at radius 2 is 2.17 bits per heavy atom. The van der Waals surface area contributed by atoms with Crippen LogP contribution in [0.15, 0.2) is 48.7 Å². The van der Waals surface area contributed by atoms with Gasteiger partial charge in [-0.3, -0.25) is 14.5 Å². The Balaban J connectivity index is 1.39. The largest absolute Gasteiger partial charge is 0.392 e. The minimum absolute atomic E-state index is 0.00881. The van der Waals surface area contributed by atoms with Crippen molar-refractivity contribution in [2.45, 2.75) is 38.3 Å². The van der Waals surface area contributed by atoms with Crippen molar-refractivity contribution in [1.82, 2.24) is 14.8 Å². The van der Waals surface area contributed by atoms with Gasteiger partial charge in [0, 0.05) is 49.0 Å². The van der Waals surface area contributed by atoms with Gasteiger partial charge in [-0.1, -0.05) is 30.3 Å². The molecule has 182 valence electrons. The zero-order valence-electron chi connectivity index (χ0n) is 20.0. The number of rotatable bonds is 7. The summed E-state index contributed by atoms with van der Waals surface area (Å²) in [6.07, 6.45) is 2.96. The number of β-amino-alcohol motifs (C(OH)–C–C–N with tert-alkyl or cyclic N) is 1. The lowest BCUT2D eigenvalue weighted by atomic mass is 10.0. The van der Waals surface area contributed by atoms with E-state index in [0.717, 1.165) is 50.8 Å². The second-order valence-corrected chi connectivity index (χ2v) is 10.8. The molecule has 0 aliphatic carbocycles. The first-order valence-corrected chi connectivity index (χ1v) is 12.8. The predicted octanol–water partition coefficient (Wildman–Crippen LogP) is 3.42. The molecule has 5 rings (SSSR count). The SMILES string of the molecule is Cc1cnc(-c2cccc([C@@H](CN3CC[C@H](O)C3)N(C)C(=O)Cc3ccc4c(c3)NC(=O)C4)c2)s1. The Bertz CT molecular complexity index is 1260. The van der Waals surface area contributed by atoms with E-state index in [2.05, 4.69) is 33.4 Å². The molecule has 0 spiro atoms. The third-order valence-electron chi connectivity index (χ3n) is 6.83. The van der Waals surface area contributed by atoms with E-state index in [0.29, 0.717) is 19.5 Å². The number of thiazole rings is 1. The van der Waals surface area contributed by atoms with Crippen molar-refractivity contribution in [3.8, 4) is 10.6 Å². The number of amides is 2. The van der Waals surface area contributed by atoms with Gasteiger partial charge in [-0.25, -0.2) is 4.98 Å². The highest BCUT2D eigenvalue weighted by Gasteiger charge is 2.29. The second kappa shape index (κ2) is 9.89. The molecule has 7 nitrogen and oxygen atoms in total. The zero-order valence-corrected chi connectivity index (χ0v) is 20.8. The number of aliphatic hydroxyl groups excluding tert-OH is 1. The number of aryl methyl sites for hydroxylation is 1. The number of nitrogens with one attached hydrogen (secondary N) is 1. The maximum absolute atomic E-state index is 13.4. The van der Waals surface area contributed by atoms with Gasteiger partial charge >= 0.3 is 0 Å². The third kappa shape index (κ3) is 5.29. The lowest BCUT2D eigenvalue weighted by Gasteiger charge is -2.32. The van der Waals surface area contributed by atoms with Crippen molar-refractivity contribution < 1.29 is 14.7 Å². The maximum Gasteiger partial charge on any atom is 0.228 e. The molecule has 0 radical (unpaired) electrons. The number of aromatic nitrogens is 1. The number of benzene rings is 2. The summed E-state index contributed by atoms with van der Waals surface area (Å²) in [5, 5.41) is 13.9. The topological polar surface area (TPSA) is 85.8 Å². The minimum atomic E-state index is -0.317. The molecule has 0 unspecified atom stereocenters. The molecule has 3 heterocycles. The van der Waals surface area contributed by atoms with Crippen LogP contribution in [0.3, 0.4) is 0 Å². The molecule has 2 aliphatic heterocycles. The van der Waals surface area contributed by atoms with E-state index >= 15 is 0 Å². The summed E-state index contributed by atoms with van der Waals surface area (Å²) < 4.78 is 0. The van der Waals surface area contributed by atoms with Gasteiger partial charge in [0.25, 0.3) is 0 Å². The summed E-state index contributed by atoms with van der Waals surface area (Å²) in [6.45, 7) is 4.13. The molecule has 2 N–H and O–H groups in total. The number of anilines is 1. The van der Waals surface area contributed by atoms with Gasteiger partial charge in [0.05, 0.1) is 25.0 Å². The molecule has 2 aromatic carbocycles. The molecule has 2 amide bonds. The molecular formula is C27H30N4O3S. The van der Waals surface area contributed by atoms with Crippen molar-refractivity contribution in [2.75, 3.05) is 32.0 Å². The van der Waals surface area contributed by atoms with E-state index in [9.17, 15) is 14.7 Å². The number of nitrogens with zero attached hydrogens (tertiary/aromatic N) is 3. The van der Waals surface area contributed by atoms with Gasteiger partial charge in [-0.15, -0.1) is 11.3 Å². The van der Waals surface area contributed by atoms with E-state index in [1.807, 2.05) is 49.3 Å². The zero-order chi connectivity index (χ0) is 24.5. The predicted molar refractivity (Wildman–Crippen MR) is 137 cm³/mol. The van der Waals surface area contributed by atoms with Crippen molar-refractivity contribution >= 4 is 28.8 Å². The normalized spacial score (nSPS) is 18.4. The van der Waals surface area contributed by atoms with Crippen LogP contribution in [-0.2, 0) is 22.4 Å². The molecule has 0 saturated carbocycles. The third-order valence-corrected chi connectivity index (χ3v) is 7.80. The average molecular weight is 491 g/mol. The Labute approximate surface area is 209 Å². The van der Waals surface area contributed by atoms with Crippen LogP contribution in [0.1, 0.15) is 34.0 Å². The summed E-state index contributed by atoms with van der Waals surface area (Å²) in [6, 6.07) is 13.9. The number of aliphatic hydroxyl groups is 1. The quantitative estimate of drug-likeness (QED) is 0.530. The van der Waals surface area contributed by atoms with Gasteiger partial charge in [0.15, 0.2) is 0 Å². The Hall–Kier alpha value is -3.07. The van der Waals surface area contributed by atoms with Gasteiger partial charge in [0.1, 0.15) is 5.01 Å². The molecule has 1 saturated heterocycles. The van der Waals surface area contributed by atoms with Crippen LogP contribution in [0.4, 0.5) is 5.69 Å². The number of carbonyl (C=O) groups is 2. The number of hydrogen-bond donors (Lipinski definition) is 2. The molecule has 35 heavy (non-hydrogen) atoms. The first-order chi connectivity index (χ1) is 16.9. The van der Waals surface area contributed by atoms with Crippen molar-refractivity contribution in [2.24, 2.45) is 0 Å². The molecule has 8 heteroatoms. The number of fused-ring (bicyclic) bond motifs is 1. The Morgan fingerprint density at radius 3 is 2.91 bits per heavy atom. The fourth-order valence-corrected chi connectivity index (χ4v) is 5.65. The van der Waals surface area contributed by atoms with E-state index in [1.54, 1.807) is 11.3 Å². The summed E-state index contributed by atoms with van der Waals surface area (Å²) in [7, 11) is 1.86. The summed E-state index contributed by atoms with van der Waals surface area (Å²) in [4.78, 5) is 34.9. The van der Waals surface area contributed by atoms with Gasteiger partial charge < -0.3 is 15.3 Å². The highest BCUT2D eigenvalue weighted by atomic mass is 32.1. The van der Waals surface area contributed by atoms with E-state index in [1.165, 1.54) is 0 Å². The van der Waals surface area contributed by atoms with Gasteiger partial charge in [-0.2, -0.15) is 0 Å². The summed E-state index contributed by atoms with van der Waals surface area (Å²) in [5.41, 5.74) is 4.75. The molecule has 2 aliphatic rings. The molecule has 1 fully saturated rings. The number of carbonyl (C=O) groups excluding carboxylic acids is 2. The Kier molecular flexibility index (Phi) is 6.69. The number of hydrogen-bond acceptors (Lipinski definition) is 6. The smallest absolute Gasteiger partial charge is 0.228 e. The molecule has 2 atom stereocenters. The van der Waals surface area contributed by atoms with Crippen LogP contribution in [0.25, 0.3) is 10.6 Å². The highest BCUT2D eigenvalue weighted by molar-refractivity contribution is 7.14. The van der Waals surface area contributed by atoms with Crippen LogP contribution >= 0.6 is 11.3 Å². The second-order valence-electron chi connectivity index (χ2n) is 9.52. The highest BCUT2D eigenvalue weighted by Crippen LogP contribution is 2.31. The van der Waals surface area contributed by atoms with E-state index < -0.39 is 0 Å². The molecule has 0 bridgehead atoms. The van der Waals surface area contributed by atoms with Crippen molar-refractivity contribution in [3.63, 3.8) is 0 Å². The molecular weight excluding hydrogens is 460 g/mol. The fourth-order valence-electron chi connectivity index (χ4n) is 4.89. The van der Waals surface area contributed by atoms with Crippen LogP contribution in [0.5, 0.6) is 0 Å². The summed E-state index contributed by atoms with van der Waals surface area (Å²) >= 11 is 1.66.